The molecule has 150 valence electrons. The van der Waals surface area contributed by atoms with Gasteiger partial charge in [-0.05, 0) is 35.9 Å². The number of hydrogen-bond acceptors (Lipinski definition) is 6. The number of nitrogens with one attached hydrogen (secondary N) is 1. The number of nitrogens with zero attached hydrogens (tertiary/aromatic N) is 2. The van der Waals surface area contributed by atoms with Crippen molar-refractivity contribution in [2.24, 2.45) is 5.10 Å². The third kappa shape index (κ3) is 5.44. The number of hydrazone groups is 1. The lowest BCUT2D eigenvalue weighted by Gasteiger charge is -2.16. The van der Waals surface area contributed by atoms with Gasteiger partial charge >= 0.3 is 0 Å². The Morgan fingerprint density at radius 3 is 2.61 bits per heavy atom. The van der Waals surface area contributed by atoms with Gasteiger partial charge in [-0.1, -0.05) is 23.7 Å². The van der Waals surface area contributed by atoms with Gasteiger partial charge in [-0.25, -0.2) is 13.8 Å². The fourth-order valence-corrected chi connectivity index (χ4v) is 3.69. The number of hydrogen-bond donors (Lipinski definition) is 1. The summed E-state index contributed by atoms with van der Waals surface area (Å²) in [7, 11) is 0.361. The Labute approximate surface area is 168 Å². The Kier molecular flexibility index (Phi) is 7.38. The standard InChI is InChI=1S/C18H20ClN3O5S/c1-22(28(24,25)15-7-8-17(27-3)16(19)10-15)12-18(23)21-20-11-13-5-4-6-14(9-13)26-2/h4-11H,12H2,1-3H3,(H,21,23)/b20-11+. The van der Waals surface area contributed by atoms with Gasteiger partial charge in [0.15, 0.2) is 0 Å². The maximum absolute atomic E-state index is 12.6. The van der Waals surface area contributed by atoms with Crippen LogP contribution in [0.15, 0.2) is 52.5 Å². The Bertz CT molecular complexity index is 979. The van der Waals surface area contributed by atoms with E-state index in [1.807, 2.05) is 0 Å². The van der Waals surface area contributed by atoms with E-state index in [9.17, 15) is 13.2 Å². The molecule has 8 nitrogen and oxygen atoms in total. The molecular formula is C18H20ClN3O5S. The molecule has 0 saturated heterocycles. The molecule has 2 rings (SSSR count). The van der Waals surface area contributed by atoms with Crippen LogP contribution in [0.1, 0.15) is 5.56 Å². The lowest BCUT2D eigenvalue weighted by atomic mass is 10.2. The number of methoxy groups -OCH3 is 2. The molecule has 0 fully saturated rings. The molecule has 2 aromatic carbocycles. The van der Waals surface area contributed by atoms with Crippen molar-refractivity contribution < 1.29 is 22.7 Å². The van der Waals surface area contributed by atoms with Crippen LogP contribution in [0, 0.1) is 0 Å². The molecule has 0 radical (unpaired) electrons. The van der Waals surface area contributed by atoms with Crippen molar-refractivity contribution in [2.45, 2.75) is 4.90 Å². The smallest absolute Gasteiger partial charge is 0.255 e. The molecule has 1 amide bonds. The van der Waals surface area contributed by atoms with Crippen LogP contribution < -0.4 is 14.9 Å². The predicted molar refractivity (Wildman–Crippen MR) is 107 cm³/mol. The minimum Gasteiger partial charge on any atom is -0.497 e. The van der Waals surface area contributed by atoms with Crippen LogP contribution in [0.4, 0.5) is 0 Å². The zero-order valence-electron chi connectivity index (χ0n) is 15.5. The minimum atomic E-state index is -3.90. The molecule has 0 spiro atoms. The highest BCUT2D eigenvalue weighted by molar-refractivity contribution is 7.89. The van der Waals surface area contributed by atoms with Gasteiger partial charge in [0.05, 0.1) is 36.9 Å². The number of halogens is 1. The average Bonchev–Trinajstić information content (AvgIpc) is 2.67. The van der Waals surface area contributed by atoms with Gasteiger partial charge in [0.1, 0.15) is 11.5 Å². The second-order valence-corrected chi connectivity index (χ2v) is 8.08. The van der Waals surface area contributed by atoms with E-state index in [2.05, 4.69) is 10.5 Å². The summed E-state index contributed by atoms with van der Waals surface area (Å²) in [5, 5.41) is 3.98. The van der Waals surface area contributed by atoms with Gasteiger partial charge in [0, 0.05) is 7.05 Å². The van der Waals surface area contributed by atoms with Crippen molar-refractivity contribution in [2.75, 3.05) is 27.8 Å². The zero-order valence-corrected chi connectivity index (χ0v) is 17.1. The summed E-state index contributed by atoms with van der Waals surface area (Å²) in [5.74, 6) is 0.414. The molecular weight excluding hydrogens is 406 g/mol. The van der Waals surface area contributed by atoms with Crippen molar-refractivity contribution in [3.63, 3.8) is 0 Å². The molecule has 0 saturated carbocycles. The second kappa shape index (κ2) is 9.54. The number of likely N-dealkylation sites (N-methyl/N-ethyl adjacent to an activating group) is 1. The fraction of sp³-hybridized carbons (Fsp3) is 0.222. The Morgan fingerprint density at radius 1 is 1.21 bits per heavy atom. The normalized spacial score (nSPS) is 11.6. The number of carbonyl (C=O) groups is 1. The van der Waals surface area contributed by atoms with E-state index in [-0.39, 0.29) is 9.92 Å². The number of sulfonamides is 1. The number of benzene rings is 2. The van der Waals surface area contributed by atoms with Gasteiger partial charge in [-0.3, -0.25) is 4.79 Å². The summed E-state index contributed by atoms with van der Waals surface area (Å²) in [4.78, 5) is 12.0. The molecule has 2 aromatic rings. The van der Waals surface area contributed by atoms with E-state index >= 15 is 0 Å². The summed E-state index contributed by atoms with van der Waals surface area (Å²) in [6.07, 6.45) is 1.43. The third-order valence-electron chi connectivity index (χ3n) is 3.69. The molecule has 0 unspecified atom stereocenters. The van der Waals surface area contributed by atoms with E-state index in [0.29, 0.717) is 17.1 Å². The van der Waals surface area contributed by atoms with E-state index in [1.54, 1.807) is 31.4 Å². The Morgan fingerprint density at radius 2 is 1.96 bits per heavy atom. The zero-order chi connectivity index (χ0) is 20.7. The highest BCUT2D eigenvalue weighted by atomic mass is 35.5. The molecule has 0 bridgehead atoms. The first-order valence-electron chi connectivity index (χ1n) is 8.03. The summed E-state index contributed by atoms with van der Waals surface area (Å²) in [6.45, 7) is -0.415. The molecule has 0 aliphatic carbocycles. The summed E-state index contributed by atoms with van der Waals surface area (Å²) in [5.41, 5.74) is 3.01. The number of carbonyl (C=O) groups excluding carboxylic acids is 1. The van der Waals surface area contributed by atoms with E-state index in [0.717, 1.165) is 4.31 Å². The third-order valence-corrected chi connectivity index (χ3v) is 5.79. The Balaban J connectivity index is 2.00. The highest BCUT2D eigenvalue weighted by Crippen LogP contribution is 2.28. The van der Waals surface area contributed by atoms with Crippen LogP contribution in [-0.2, 0) is 14.8 Å². The van der Waals surface area contributed by atoms with Crippen LogP contribution in [0.2, 0.25) is 5.02 Å². The van der Waals surface area contributed by atoms with Crippen LogP contribution >= 0.6 is 11.6 Å². The maximum atomic E-state index is 12.6. The first-order chi connectivity index (χ1) is 13.3. The lowest BCUT2D eigenvalue weighted by Crippen LogP contribution is -2.36. The summed E-state index contributed by atoms with van der Waals surface area (Å²) in [6, 6.07) is 11.1. The van der Waals surface area contributed by atoms with Gasteiger partial charge in [-0.15, -0.1) is 0 Å². The van der Waals surface area contributed by atoms with E-state index in [4.69, 9.17) is 21.1 Å². The second-order valence-electron chi connectivity index (χ2n) is 5.63. The quantitative estimate of drug-likeness (QED) is 0.516. The predicted octanol–water partition coefficient (Wildman–Crippen LogP) is 2.13. The van der Waals surface area contributed by atoms with E-state index in [1.165, 1.54) is 38.6 Å². The highest BCUT2D eigenvalue weighted by Gasteiger charge is 2.23. The molecule has 0 heterocycles. The van der Waals surface area contributed by atoms with E-state index < -0.39 is 22.5 Å². The fourth-order valence-electron chi connectivity index (χ4n) is 2.21. The van der Waals surface area contributed by atoms with Crippen molar-refractivity contribution in [1.82, 2.24) is 9.73 Å². The molecule has 0 aromatic heterocycles. The van der Waals surface area contributed by atoms with Crippen molar-refractivity contribution in [3.8, 4) is 11.5 Å². The van der Waals surface area contributed by atoms with Crippen LogP contribution in [0.3, 0.4) is 0 Å². The molecule has 0 atom stereocenters. The average molecular weight is 426 g/mol. The first-order valence-corrected chi connectivity index (χ1v) is 9.85. The number of amides is 1. The van der Waals surface area contributed by atoms with Gasteiger partial charge in [0.2, 0.25) is 10.0 Å². The van der Waals surface area contributed by atoms with Crippen LogP contribution in [0.25, 0.3) is 0 Å². The van der Waals surface area contributed by atoms with Crippen LogP contribution in [0.5, 0.6) is 11.5 Å². The number of rotatable bonds is 8. The summed E-state index contributed by atoms with van der Waals surface area (Å²) >= 11 is 5.98. The number of ether oxygens (including phenoxy) is 2. The maximum Gasteiger partial charge on any atom is 0.255 e. The van der Waals surface area contributed by atoms with Gasteiger partial charge < -0.3 is 9.47 Å². The topological polar surface area (TPSA) is 97.3 Å². The van der Waals surface area contributed by atoms with Gasteiger partial charge in [0.25, 0.3) is 5.91 Å². The minimum absolute atomic E-state index is 0.0477. The molecule has 28 heavy (non-hydrogen) atoms. The van der Waals surface area contributed by atoms with Crippen molar-refractivity contribution in [1.29, 1.82) is 0 Å². The lowest BCUT2D eigenvalue weighted by molar-refractivity contribution is -0.121. The summed E-state index contributed by atoms with van der Waals surface area (Å²) < 4.78 is 36.2. The molecule has 0 aliphatic heterocycles. The SMILES string of the molecule is COc1cccc(/C=N/NC(=O)CN(C)S(=O)(=O)c2ccc(OC)c(Cl)c2)c1. The Hall–Kier alpha value is -2.62. The van der Waals surface area contributed by atoms with Crippen LogP contribution in [-0.4, -0.2) is 52.7 Å². The largest absolute Gasteiger partial charge is 0.497 e. The monoisotopic (exact) mass is 425 g/mol. The molecule has 10 heteroatoms. The van der Waals surface area contributed by atoms with Crippen molar-refractivity contribution in [3.05, 3.63) is 53.1 Å². The first kappa shape index (κ1) is 21.7. The van der Waals surface area contributed by atoms with Crippen molar-refractivity contribution >= 4 is 33.7 Å². The van der Waals surface area contributed by atoms with Gasteiger partial charge in [-0.2, -0.15) is 9.41 Å². The molecule has 0 aliphatic rings. The molecule has 1 N–H and O–H groups in total.